The molecule has 6 nitrogen and oxygen atoms in total. The Bertz CT molecular complexity index is 361. The Hall–Kier alpha value is -1.30. The molecule has 0 aromatic heterocycles. The summed E-state index contributed by atoms with van der Waals surface area (Å²) in [6.45, 7) is 7.58. The summed E-state index contributed by atoms with van der Waals surface area (Å²) in [5.74, 6) is 0.839. The van der Waals surface area contributed by atoms with E-state index in [4.69, 9.17) is 4.74 Å². The topological polar surface area (TPSA) is 74.2 Å². The number of ether oxygens (including phenoxy) is 1. The van der Waals surface area contributed by atoms with E-state index < -0.39 is 0 Å². The monoisotopic (exact) mass is 327 g/mol. The highest BCUT2D eigenvalue weighted by atomic mass is 16.5. The Morgan fingerprint density at radius 1 is 1.26 bits per heavy atom. The zero-order valence-electron chi connectivity index (χ0n) is 14.7. The first kappa shape index (κ1) is 19.7. The average molecular weight is 327 g/mol. The minimum absolute atomic E-state index is 0.0832. The first-order chi connectivity index (χ1) is 11.2. The summed E-state index contributed by atoms with van der Waals surface area (Å²) >= 11 is 0. The molecule has 1 atom stereocenters. The molecular formula is C17H33N3O3. The Balaban J connectivity index is 2.10. The highest BCUT2D eigenvalue weighted by Crippen LogP contribution is 2.10. The molecule has 1 aliphatic heterocycles. The lowest BCUT2D eigenvalue weighted by molar-refractivity contribution is -0.143. The van der Waals surface area contributed by atoms with Gasteiger partial charge in [0.15, 0.2) is 5.96 Å². The van der Waals surface area contributed by atoms with Crippen LogP contribution in [0.3, 0.4) is 0 Å². The first-order valence-electron chi connectivity index (χ1n) is 9.04. The molecule has 0 aliphatic carbocycles. The fourth-order valence-corrected chi connectivity index (χ4v) is 2.69. The Labute approximate surface area is 140 Å². The molecule has 1 heterocycles. The van der Waals surface area contributed by atoms with Crippen LogP contribution in [-0.4, -0.2) is 60.8 Å². The van der Waals surface area contributed by atoms with Gasteiger partial charge in [0, 0.05) is 32.6 Å². The maximum atomic E-state index is 11.2. The highest BCUT2D eigenvalue weighted by Gasteiger charge is 2.22. The molecular weight excluding hydrogens is 294 g/mol. The van der Waals surface area contributed by atoms with Gasteiger partial charge in [-0.25, -0.2) is 0 Å². The number of esters is 1. The van der Waals surface area contributed by atoms with Crippen molar-refractivity contribution in [2.45, 2.75) is 64.9 Å². The molecule has 0 unspecified atom stereocenters. The molecule has 134 valence electrons. The van der Waals surface area contributed by atoms with Crippen LogP contribution in [0.25, 0.3) is 0 Å². The van der Waals surface area contributed by atoms with Gasteiger partial charge in [0.05, 0.1) is 12.7 Å². The molecule has 1 fully saturated rings. The molecule has 1 rings (SSSR count). The van der Waals surface area contributed by atoms with E-state index in [9.17, 15) is 9.90 Å². The number of aliphatic imine (C=N–C) groups is 1. The van der Waals surface area contributed by atoms with Gasteiger partial charge in [0.25, 0.3) is 0 Å². The standard InChI is InChI=1S/C17H33N3O3/c1-3-18-17(20-13-11-15(21)14-20)19-12-9-7-5-6-8-10-16(22)23-4-2/h15,21H,3-14H2,1-2H3,(H,18,19)/t15-/m1/s1. The molecule has 1 saturated heterocycles. The first-order valence-corrected chi connectivity index (χ1v) is 9.04. The number of aliphatic hydroxyl groups excluding tert-OH is 1. The lowest BCUT2D eigenvalue weighted by Gasteiger charge is -2.20. The van der Waals surface area contributed by atoms with Gasteiger partial charge in [-0.1, -0.05) is 19.3 Å². The van der Waals surface area contributed by atoms with Crippen molar-refractivity contribution in [3.05, 3.63) is 0 Å². The number of hydrogen-bond acceptors (Lipinski definition) is 4. The van der Waals surface area contributed by atoms with Gasteiger partial charge in [-0.2, -0.15) is 0 Å². The van der Waals surface area contributed by atoms with Crippen molar-refractivity contribution in [1.82, 2.24) is 10.2 Å². The summed E-state index contributed by atoms with van der Waals surface area (Å²) in [6, 6.07) is 0. The van der Waals surface area contributed by atoms with E-state index >= 15 is 0 Å². The molecule has 0 bridgehead atoms. The number of nitrogens with one attached hydrogen (secondary N) is 1. The second-order valence-electron chi connectivity index (χ2n) is 5.95. The summed E-state index contributed by atoms with van der Waals surface area (Å²) < 4.78 is 4.91. The maximum Gasteiger partial charge on any atom is 0.305 e. The summed E-state index contributed by atoms with van der Waals surface area (Å²) in [5.41, 5.74) is 0. The van der Waals surface area contributed by atoms with Crippen LogP contribution < -0.4 is 5.32 Å². The lowest BCUT2D eigenvalue weighted by atomic mass is 10.1. The molecule has 6 heteroatoms. The summed E-state index contributed by atoms with van der Waals surface area (Å²) in [5, 5.41) is 12.9. The largest absolute Gasteiger partial charge is 0.466 e. The summed E-state index contributed by atoms with van der Waals surface area (Å²) in [7, 11) is 0. The van der Waals surface area contributed by atoms with Gasteiger partial charge in [0.2, 0.25) is 0 Å². The number of aliphatic hydroxyl groups is 1. The Morgan fingerprint density at radius 3 is 2.65 bits per heavy atom. The number of carbonyl (C=O) groups is 1. The summed E-state index contributed by atoms with van der Waals surface area (Å²) in [4.78, 5) is 18.0. The van der Waals surface area contributed by atoms with Crippen molar-refractivity contribution in [3.63, 3.8) is 0 Å². The zero-order valence-corrected chi connectivity index (χ0v) is 14.7. The molecule has 0 saturated carbocycles. The van der Waals surface area contributed by atoms with Crippen LogP contribution in [-0.2, 0) is 9.53 Å². The van der Waals surface area contributed by atoms with Gasteiger partial charge in [0.1, 0.15) is 0 Å². The van der Waals surface area contributed by atoms with Crippen LogP contribution in [0.2, 0.25) is 0 Å². The summed E-state index contributed by atoms with van der Waals surface area (Å²) in [6.07, 6.45) is 6.45. The molecule has 0 aromatic carbocycles. The molecule has 0 radical (unpaired) electrons. The van der Waals surface area contributed by atoms with E-state index in [0.717, 1.165) is 64.1 Å². The van der Waals surface area contributed by atoms with Crippen LogP contribution in [0.1, 0.15) is 58.8 Å². The van der Waals surface area contributed by atoms with Crippen LogP contribution in [0, 0.1) is 0 Å². The number of nitrogens with zero attached hydrogens (tertiary/aromatic N) is 2. The van der Waals surface area contributed by atoms with Gasteiger partial charge < -0.3 is 20.1 Å². The molecule has 0 spiro atoms. The second kappa shape index (κ2) is 12.2. The van der Waals surface area contributed by atoms with E-state index in [1.54, 1.807) is 0 Å². The molecule has 2 N–H and O–H groups in total. The predicted octanol–water partition coefficient (Wildman–Crippen LogP) is 1.92. The molecule has 1 aliphatic rings. The number of carbonyl (C=O) groups excluding carboxylic acids is 1. The van der Waals surface area contributed by atoms with Crippen LogP contribution in [0.5, 0.6) is 0 Å². The Morgan fingerprint density at radius 2 is 2.00 bits per heavy atom. The second-order valence-corrected chi connectivity index (χ2v) is 5.95. The van der Waals surface area contributed by atoms with Crippen LogP contribution in [0.4, 0.5) is 0 Å². The highest BCUT2D eigenvalue weighted by molar-refractivity contribution is 5.80. The number of likely N-dealkylation sites (tertiary alicyclic amines) is 1. The lowest BCUT2D eigenvalue weighted by Crippen LogP contribution is -2.40. The molecule has 0 amide bonds. The Kier molecular flexibility index (Phi) is 10.4. The number of β-amino-alcohol motifs (C(OH)–C–C–N with tert-alkyl or cyclic N) is 1. The van der Waals surface area contributed by atoms with Gasteiger partial charge in [-0.05, 0) is 33.1 Å². The number of hydrogen-bond donors (Lipinski definition) is 2. The van der Waals surface area contributed by atoms with E-state index in [0.29, 0.717) is 19.6 Å². The smallest absolute Gasteiger partial charge is 0.305 e. The third kappa shape index (κ3) is 8.79. The predicted molar refractivity (Wildman–Crippen MR) is 92.5 cm³/mol. The molecule has 0 aromatic rings. The van der Waals surface area contributed by atoms with Crippen molar-refractivity contribution in [3.8, 4) is 0 Å². The van der Waals surface area contributed by atoms with Gasteiger partial charge in [-0.15, -0.1) is 0 Å². The SMILES string of the molecule is CCNC(=NCCCCCCCC(=O)OCC)N1CC[C@@H](O)C1. The average Bonchev–Trinajstić information content (AvgIpc) is 2.95. The third-order valence-corrected chi connectivity index (χ3v) is 3.90. The van der Waals surface area contributed by atoms with Crippen LogP contribution >= 0.6 is 0 Å². The normalized spacial score (nSPS) is 18.3. The fourth-order valence-electron chi connectivity index (χ4n) is 2.69. The van der Waals surface area contributed by atoms with Crippen molar-refractivity contribution in [2.24, 2.45) is 4.99 Å². The number of rotatable bonds is 10. The van der Waals surface area contributed by atoms with E-state index in [1.165, 1.54) is 0 Å². The quantitative estimate of drug-likeness (QED) is 0.277. The maximum absolute atomic E-state index is 11.2. The fraction of sp³-hybridized carbons (Fsp3) is 0.882. The zero-order chi connectivity index (χ0) is 16.9. The number of unbranched alkanes of at least 4 members (excludes halogenated alkanes) is 4. The number of guanidine groups is 1. The van der Waals surface area contributed by atoms with E-state index in [1.807, 2.05) is 6.92 Å². The van der Waals surface area contributed by atoms with Crippen molar-refractivity contribution in [1.29, 1.82) is 0 Å². The molecule has 23 heavy (non-hydrogen) atoms. The van der Waals surface area contributed by atoms with Gasteiger partial charge in [-0.3, -0.25) is 9.79 Å². The van der Waals surface area contributed by atoms with E-state index in [-0.39, 0.29) is 12.1 Å². The minimum Gasteiger partial charge on any atom is -0.466 e. The van der Waals surface area contributed by atoms with E-state index in [2.05, 4.69) is 22.1 Å². The third-order valence-electron chi connectivity index (χ3n) is 3.90. The minimum atomic E-state index is -0.224. The van der Waals surface area contributed by atoms with Crippen molar-refractivity contribution >= 4 is 11.9 Å². The van der Waals surface area contributed by atoms with Gasteiger partial charge >= 0.3 is 5.97 Å². The van der Waals surface area contributed by atoms with Crippen LogP contribution in [0.15, 0.2) is 4.99 Å². The van der Waals surface area contributed by atoms with Crippen molar-refractivity contribution < 1.29 is 14.6 Å². The van der Waals surface area contributed by atoms with Crippen molar-refractivity contribution in [2.75, 3.05) is 32.8 Å².